The van der Waals surface area contributed by atoms with E-state index in [-0.39, 0.29) is 5.95 Å². The Hall–Kier alpha value is -3.13. The molecule has 1 fully saturated rings. The van der Waals surface area contributed by atoms with Gasteiger partial charge in [0.05, 0.1) is 25.1 Å². The van der Waals surface area contributed by atoms with E-state index in [1.54, 1.807) is 0 Å². The first-order chi connectivity index (χ1) is 13.2. The smallest absolute Gasteiger partial charge is 0.223 e. The maximum absolute atomic E-state index is 5.95. The zero-order chi connectivity index (χ0) is 18.6. The van der Waals surface area contributed by atoms with Crippen molar-refractivity contribution < 1.29 is 4.74 Å². The van der Waals surface area contributed by atoms with Crippen LogP contribution in [0.15, 0.2) is 48.8 Å². The van der Waals surface area contributed by atoms with Crippen LogP contribution in [0.3, 0.4) is 0 Å². The second kappa shape index (κ2) is 7.63. The minimum Gasteiger partial charge on any atom is -0.378 e. The molecule has 1 aromatic carbocycles. The van der Waals surface area contributed by atoms with E-state index in [0.29, 0.717) is 19.8 Å². The average Bonchev–Trinajstić information content (AvgIpc) is 3.17. The quantitative estimate of drug-likeness (QED) is 0.737. The fraction of sp³-hybridized carbons (Fsp3) is 0.316. The highest BCUT2D eigenvalue weighted by molar-refractivity contribution is 5.54. The number of para-hydroxylation sites is 1. The van der Waals surface area contributed by atoms with Crippen LogP contribution in [0, 0.1) is 0 Å². The molecule has 0 amide bonds. The summed E-state index contributed by atoms with van der Waals surface area (Å²) in [6.45, 7) is 3.69. The lowest BCUT2D eigenvalue weighted by Crippen LogP contribution is -2.37. The monoisotopic (exact) mass is 365 g/mol. The van der Waals surface area contributed by atoms with Gasteiger partial charge >= 0.3 is 0 Å². The van der Waals surface area contributed by atoms with Gasteiger partial charge < -0.3 is 20.3 Å². The lowest BCUT2D eigenvalue weighted by Gasteiger charge is -2.28. The summed E-state index contributed by atoms with van der Waals surface area (Å²) in [6, 6.07) is 12.0. The van der Waals surface area contributed by atoms with Gasteiger partial charge in [0, 0.05) is 44.5 Å². The molecule has 4 rings (SSSR count). The number of aromatic nitrogens is 4. The van der Waals surface area contributed by atoms with Gasteiger partial charge in [0.25, 0.3) is 0 Å². The largest absolute Gasteiger partial charge is 0.378 e. The number of hydrogen-bond donors (Lipinski definition) is 1. The van der Waals surface area contributed by atoms with Crippen LogP contribution in [-0.2, 0) is 11.3 Å². The number of ether oxygens (including phenoxy) is 1. The maximum atomic E-state index is 5.95. The predicted octanol–water partition coefficient (Wildman–Crippen LogP) is 1.72. The van der Waals surface area contributed by atoms with Crippen molar-refractivity contribution >= 4 is 17.6 Å². The predicted molar refractivity (Wildman–Crippen MR) is 105 cm³/mol. The Morgan fingerprint density at radius 1 is 1.15 bits per heavy atom. The van der Waals surface area contributed by atoms with E-state index in [0.717, 1.165) is 36.0 Å². The van der Waals surface area contributed by atoms with Gasteiger partial charge in [-0.3, -0.25) is 0 Å². The topological polar surface area (TPSA) is 85.3 Å². The van der Waals surface area contributed by atoms with Gasteiger partial charge in [-0.25, -0.2) is 4.68 Å². The highest BCUT2D eigenvalue weighted by atomic mass is 16.5. The van der Waals surface area contributed by atoms with Crippen LogP contribution < -0.4 is 15.5 Å². The average molecular weight is 365 g/mol. The molecule has 140 valence electrons. The first kappa shape index (κ1) is 17.3. The highest BCUT2D eigenvalue weighted by Crippen LogP contribution is 2.21. The lowest BCUT2D eigenvalue weighted by molar-refractivity contribution is 0.122. The second-order valence-corrected chi connectivity index (χ2v) is 6.53. The molecule has 2 N–H and O–H groups in total. The molecule has 1 aliphatic heterocycles. The molecule has 1 saturated heterocycles. The molecule has 0 unspecified atom stereocenters. The number of nitrogens with zero attached hydrogens (tertiary/aromatic N) is 6. The molecule has 0 aliphatic carbocycles. The zero-order valence-corrected chi connectivity index (χ0v) is 15.3. The van der Waals surface area contributed by atoms with E-state index in [1.165, 1.54) is 0 Å². The van der Waals surface area contributed by atoms with Gasteiger partial charge in [-0.1, -0.05) is 18.2 Å². The van der Waals surface area contributed by atoms with Crippen molar-refractivity contribution in [3.05, 3.63) is 54.4 Å². The number of anilines is 3. The van der Waals surface area contributed by atoms with Crippen molar-refractivity contribution in [3.63, 3.8) is 0 Å². The van der Waals surface area contributed by atoms with Crippen LogP contribution >= 0.6 is 0 Å². The molecule has 2 aromatic heterocycles. The van der Waals surface area contributed by atoms with Crippen molar-refractivity contribution in [2.75, 3.05) is 48.9 Å². The molecule has 8 nitrogen and oxygen atoms in total. The Kier molecular flexibility index (Phi) is 4.88. The first-order valence-electron chi connectivity index (χ1n) is 8.96. The summed E-state index contributed by atoms with van der Waals surface area (Å²) in [6.07, 6.45) is 3.90. The number of hydrogen-bond acceptors (Lipinski definition) is 7. The fourth-order valence-corrected chi connectivity index (χ4v) is 3.11. The summed E-state index contributed by atoms with van der Waals surface area (Å²) in [4.78, 5) is 13.0. The van der Waals surface area contributed by atoms with Crippen LogP contribution in [0.4, 0.5) is 17.6 Å². The Morgan fingerprint density at radius 3 is 2.70 bits per heavy atom. The molecule has 1 aliphatic rings. The second-order valence-electron chi connectivity index (χ2n) is 6.53. The van der Waals surface area contributed by atoms with Gasteiger partial charge in [-0.05, 0) is 12.1 Å². The molecule has 27 heavy (non-hydrogen) atoms. The highest BCUT2D eigenvalue weighted by Gasteiger charge is 2.16. The zero-order valence-electron chi connectivity index (χ0n) is 15.3. The molecule has 0 radical (unpaired) electrons. The summed E-state index contributed by atoms with van der Waals surface area (Å²) in [7, 11) is 1.99. The Morgan fingerprint density at radius 2 is 1.93 bits per heavy atom. The number of nitrogens with two attached hydrogens (primary N) is 1. The van der Waals surface area contributed by atoms with Crippen LogP contribution in [0.25, 0.3) is 5.69 Å². The fourth-order valence-electron chi connectivity index (χ4n) is 3.11. The molecule has 0 bridgehead atoms. The van der Waals surface area contributed by atoms with Gasteiger partial charge in [-0.15, -0.1) is 0 Å². The molecule has 3 heterocycles. The molecule has 8 heteroatoms. The van der Waals surface area contributed by atoms with E-state index < -0.39 is 0 Å². The summed E-state index contributed by atoms with van der Waals surface area (Å²) < 4.78 is 7.28. The number of nitrogen functional groups attached to an aromatic ring is 1. The van der Waals surface area contributed by atoms with E-state index in [4.69, 9.17) is 10.5 Å². The van der Waals surface area contributed by atoms with Crippen LogP contribution in [0.1, 0.15) is 5.56 Å². The summed E-state index contributed by atoms with van der Waals surface area (Å²) in [5.41, 5.74) is 8.08. The van der Waals surface area contributed by atoms with E-state index >= 15 is 0 Å². The summed E-state index contributed by atoms with van der Waals surface area (Å²) in [5, 5.41) is 4.45. The van der Waals surface area contributed by atoms with Crippen LogP contribution in [0.2, 0.25) is 0 Å². The van der Waals surface area contributed by atoms with Crippen molar-refractivity contribution in [1.29, 1.82) is 0 Å². The molecular formula is C19H23N7O. The Bertz CT molecular complexity index is 890. The number of rotatable bonds is 5. The van der Waals surface area contributed by atoms with E-state index in [1.807, 2.05) is 65.4 Å². The van der Waals surface area contributed by atoms with Crippen molar-refractivity contribution in [3.8, 4) is 5.69 Å². The van der Waals surface area contributed by atoms with Gasteiger partial charge in [0.1, 0.15) is 11.6 Å². The number of benzene rings is 1. The van der Waals surface area contributed by atoms with E-state index in [9.17, 15) is 0 Å². The number of morpholine rings is 1. The minimum absolute atomic E-state index is 0.279. The van der Waals surface area contributed by atoms with E-state index in [2.05, 4.69) is 20.0 Å². The van der Waals surface area contributed by atoms with Crippen LogP contribution in [-0.4, -0.2) is 53.1 Å². The Labute approximate surface area is 158 Å². The molecular weight excluding hydrogens is 342 g/mol. The third kappa shape index (κ3) is 4.01. The lowest BCUT2D eigenvalue weighted by atomic mass is 10.3. The van der Waals surface area contributed by atoms with Crippen molar-refractivity contribution in [1.82, 2.24) is 19.7 Å². The third-order valence-electron chi connectivity index (χ3n) is 4.52. The molecule has 3 aromatic rings. The van der Waals surface area contributed by atoms with Crippen molar-refractivity contribution in [2.45, 2.75) is 6.54 Å². The maximum Gasteiger partial charge on any atom is 0.223 e. The summed E-state index contributed by atoms with van der Waals surface area (Å²) in [5.74, 6) is 1.91. The summed E-state index contributed by atoms with van der Waals surface area (Å²) >= 11 is 0. The van der Waals surface area contributed by atoms with Gasteiger partial charge in [-0.2, -0.15) is 15.1 Å². The molecule has 0 saturated carbocycles. The third-order valence-corrected chi connectivity index (χ3v) is 4.52. The molecule has 0 atom stereocenters. The standard InChI is InChI=1S/C19H23N7O/c1-24(13-15-12-21-26(14-15)16-5-3-2-4-6-16)17-11-18(23-19(20)22-17)25-7-9-27-10-8-25/h2-6,11-12,14H,7-10,13H2,1H3,(H2,20,22,23). The SMILES string of the molecule is CN(Cc1cnn(-c2ccccc2)c1)c1cc(N2CCOCC2)nc(N)n1. The normalized spacial score (nSPS) is 14.3. The minimum atomic E-state index is 0.279. The van der Waals surface area contributed by atoms with Gasteiger partial charge in [0.15, 0.2) is 0 Å². The molecule has 0 spiro atoms. The van der Waals surface area contributed by atoms with Gasteiger partial charge in [0.2, 0.25) is 5.95 Å². The first-order valence-corrected chi connectivity index (χ1v) is 8.96. The van der Waals surface area contributed by atoms with Crippen molar-refractivity contribution in [2.24, 2.45) is 0 Å². The Balaban J connectivity index is 1.50. The van der Waals surface area contributed by atoms with Crippen LogP contribution in [0.5, 0.6) is 0 Å².